The van der Waals surface area contributed by atoms with Crippen molar-refractivity contribution < 1.29 is 8.83 Å². The number of hydrogen-bond acceptors (Lipinski definition) is 4. The van der Waals surface area contributed by atoms with Crippen molar-refractivity contribution >= 4 is 78.0 Å². The van der Waals surface area contributed by atoms with Gasteiger partial charge in [-0.05, 0) is 253 Å². The lowest BCUT2D eigenvalue weighted by molar-refractivity contribution is 0.668. The van der Waals surface area contributed by atoms with Gasteiger partial charge in [-0.2, -0.15) is 0 Å². The number of hydrogen-bond donors (Lipinski definition) is 0. The van der Waals surface area contributed by atoms with Crippen molar-refractivity contribution in [3.63, 3.8) is 0 Å². The Balaban J connectivity index is 0.000000146. The second kappa shape index (κ2) is 34.9. The van der Waals surface area contributed by atoms with Crippen LogP contribution in [-0.4, -0.2) is 0 Å². The summed E-state index contributed by atoms with van der Waals surface area (Å²) < 4.78 is 12.5. The SMILES string of the molecule is c1ccc(-c2ccc(-c3cccc(N(c4cccc(-c5ccc6oc7ccccc7c6c5)c4)c4cccc(-c5cccc6c5-c5ccccc5C6(c5ccccc5)c5ccccc5)c4)c3)cc2)cc1.c1ccc(-c2ccc(-c3ccccc3N(c3cccc(-c4ccc5oc6ccccc6c5c4)c3)c3cccc(-c4cccc5c4-c4ccccc4C5(c4ccccc4)c4ccccc4)c3)cc2)cc1. The van der Waals surface area contributed by atoms with Crippen molar-refractivity contribution in [2.24, 2.45) is 0 Å². The lowest BCUT2D eigenvalue weighted by atomic mass is 9.67. The van der Waals surface area contributed by atoms with E-state index in [0.717, 1.165) is 128 Å². The summed E-state index contributed by atoms with van der Waals surface area (Å²) in [6, 6.07) is 199. The lowest BCUT2D eigenvalue weighted by Crippen LogP contribution is -2.28. The van der Waals surface area contributed by atoms with Crippen molar-refractivity contribution in [3.05, 3.63) is 590 Å². The molecule has 0 radical (unpaired) electrons. The molecule has 0 spiro atoms. The standard InChI is InChI=1S/2C67H45NO/c1-4-19-46(20-5-1)47-37-39-48(40-38-47)56-29-11-14-35-63(56)68(54-27-16-21-49(43-54)50-41-42-65-60(45-50)58-30-12-15-36-64(58)69-65)55-28-17-22-51(44-55)57-32-18-34-62-66(57)59-31-10-13-33-61(59)67(62,52-23-6-2-7-24-52)53-25-8-3-9-26-53;1-4-18-46(19-5-1)47-36-38-48(39-37-47)49-20-14-27-55(42-49)68(56-28-15-21-50(43-56)51-40-41-65-61(45-51)59-30-11-13-35-64(59)69-65)57-29-16-22-52(44-57)58-32-17-34-63-66(58)60-31-10-12-33-62(60)67(63,53-23-6-2-7-24-53)54-25-8-3-9-26-54/h2*1-45H. The van der Waals surface area contributed by atoms with E-state index in [4.69, 9.17) is 8.83 Å². The van der Waals surface area contributed by atoms with Gasteiger partial charge in [0, 0.05) is 55.5 Å². The first-order chi connectivity index (χ1) is 68.4. The third kappa shape index (κ3) is 14.2. The van der Waals surface area contributed by atoms with Crippen LogP contribution in [0.1, 0.15) is 44.5 Å². The topological polar surface area (TPSA) is 32.8 Å². The molecule has 0 unspecified atom stereocenters. The van der Waals surface area contributed by atoms with E-state index in [1.807, 2.05) is 24.3 Å². The summed E-state index contributed by atoms with van der Waals surface area (Å²) in [6.45, 7) is 0. The fourth-order valence-electron chi connectivity index (χ4n) is 22.1. The molecule has 0 amide bonds. The van der Waals surface area contributed by atoms with Gasteiger partial charge in [-0.15, -0.1) is 0 Å². The van der Waals surface area contributed by atoms with Crippen LogP contribution >= 0.6 is 0 Å². The molecular weight excluding hydrogens is 1670 g/mol. The first-order valence-electron chi connectivity index (χ1n) is 47.5. The van der Waals surface area contributed by atoms with Crippen LogP contribution in [0.15, 0.2) is 555 Å². The zero-order chi connectivity index (χ0) is 91.5. The van der Waals surface area contributed by atoms with E-state index in [2.05, 4.69) is 532 Å². The van der Waals surface area contributed by atoms with Gasteiger partial charge in [0.15, 0.2) is 0 Å². The smallest absolute Gasteiger partial charge is 0.135 e. The van der Waals surface area contributed by atoms with Crippen molar-refractivity contribution in [1.82, 2.24) is 0 Å². The Morgan fingerprint density at radius 3 is 0.804 bits per heavy atom. The molecule has 24 aromatic rings. The number of para-hydroxylation sites is 3. The molecule has 0 aliphatic heterocycles. The van der Waals surface area contributed by atoms with Crippen molar-refractivity contribution in [3.8, 4) is 111 Å². The molecule has 648 valence electrons. The van der Waals surface area contributed by atoms with Crippen LogP contribution in [0.4, 0.5) is 34.1 Å². The zero-order valence-corrected chi connectivity index (χ0v) is 75.7. The number of nitrogens with zero attached hydrogens (tertiary/aromatic N) is 2. The van der Waals surface area contributed by atoms with Crippen LogP contribution in [0, 0.1) is 0 Å². The Kier molecular flexibility index (Phi) is 20.7. The minimum atomic E-state index is -0.491. The van der Waals surface area contributed by atoms with Gasteiger partial charge in [0.25, 0.3) is 0 Å². The molecule has 0 saturated heterocycles. The quantitative estimate of drug-likeness (QED) is 0.0857. The average molecular weight is 1760 g/mol. The number of anilines is 6. The van der Waals surface area contributed by atoms with Crippen molar-refractivity contribution in [1.29, 1.82) is 0 Å². The van der Waals surface area contributed by atoms with Gasteiger partial charge >= 0.3 is 0 Å². The largest absolute Gasteiger partial charge is 0.456 e. The van der Waals surface area contributed by atoms with Gasteiger partial charge in [-0.3, -0.25) is 0 Å². The highest BCUT2D eigenvalue weighted by molar-refractivity contribution is 6.09. The Morgan fingerprint density at radius 1 is 0.145 bits per heavy atom. The highest BCUT2D eigenvalue weighted by atomic mass is 16.3. The van der Waals surface area contributed by atoms with E-state index >= 15 is 0 Å². The number of benzene rings is 22. The van der Waals surface area contributed by atoms with Gasteiger partial charge in [-0.1, -0.05) is 443 Å². The molecule has 2 aromatic heterocycles. The van der Waals surface area contributed by atoms with Gasteiger partial charge in [0.05, 0.1) is 16.5 Å². The van der Waals surface area contributed by atoms with Crippen LogP contribution in [0.25, 0.3) is 155 Å². The summed E-state index contributed by atoms with van der Waals surface area (Å²) in [5, 5.41) is 4.47. The molecule has 0 fully saturated rings. The molecule has 0 bridgehead atoms. The molecule has 2 aliphatic carbocycles. The molecule has 138 heavy (non-hydrogen) atoms. The molecule has 4 heteroatoms. The highest BCUT2D eigenvalue weighted by Crippen LogP contribution is 2.61. The number of fused-ring (bicyclic) bond motifs is 12. The minimum absolute atomic E-state index is 0.486. The fourth-order valence-corrected chi connectivity index (χ4v) is 22.1. The summed E-state index contributed by atoms with van der Waals surface area (Å²) >= 11 is 0. The van der Waals surface area contributed by atoms with Gasteiger partial charge in [0.1, 0.15) is 22.3 Å². The average Bonchev–Trinajstić information content (AvgIpc) is 1.54. The second-order valence-electron chi connectivity index (χ2n) is 36.0. The predicted molar refractivity (Wildman–Crippen MR) is 575 cm³/mol. The van der Waals surface area contributed by atoms with Crippen LogP contribution in [0.3, 0.4) is 0 Å². The fraction of sp³-hybridized carbons (Fsp3) is 0.0149. The summed E-state index contributed by atoms with van der Waals surface area (Å²) in [5.41, 5.74) is 43.0. The van der Waals surface area contributed by atoms with E-state index in [9.17, 15) is 0 Å². The van der Waals surface area contributed by atoms with Crippen molar-refractivity contribution in [2.45, 2.75) is 10.8 Å². The van der Waals surface area contributed by atoms with Crippen molar-refractivity contribution in [2.75, 3.05) is 9.80 Å². The normalized spacial score (nSPS) is 12.5. The Labute approximate surface area is 803 Å². The second-order valence-corrected chi connectivity index (χ2v) is 36.0. The maximum Gasteiger partial charge on any atom is 0.135 e. The van der Waals surface area contributed by atoms with Gasteiger partial charge < -0.3 is 18.6 Å². The lowest BCUT2D eigenvalue weighted by Gasteiger charge is -2.34. The summed E-state index contributed by atoms with van der Waals surface area (Å²) in [7, 11) is 0. The summed E-state index contributed by atoms with van der Waals surface area (Å²) in [6.07, 6.45) is 0. The monoisotopic (exact) mass is 1760 g/mol. The third-order valence-corrected chi connectivity index (χ3v) is 28.3. The summed E-state index contributed by atoms with van der Waals surface area (Å²) in [4.78, 5) is 4.85. The first kappa shape index (κ1) is 82.0. The highest BCUT2D eigenvalue weighted by Gasteiger charge is 2.49. The Bertz CT molecular complexity index is 8600. The predicted octanol–water partition coefficient (Wildman–Crippen LogP) is 36.2. The van der Waals surface area contributed by atoms with E-state index in [1.54, 1.807) is 0 Å². The van der Waals surface area contributed by atoms with Gasteiger partial charge in [0.2, 0.25) is 0 Å². The van der Waals surface area contributed by atoms with Gasteiger partial charge in [-0.25, -0.2) is 0 Å². The zero-order valence-electron chi connectivity index (χ0n) is 75.7. The molecule has 26 rings (SSSR count). The van der Waals surface area contributed by atoms with Crippen LogP contribution < -0.4 is 9.80 Å². The van der Waals surface area contributed by atoms with Crippen LogP contribution in [-0.2, 0) is 10.8 Å². The maximum atomic E-state index is 6.25. The molecule has 0 N–H and O–H groups in total. The van der Waals surface area contributed by atoms with E-state index in [0.29, 0.717) is 0 Å². The molecule has 0 saturated carbocycles. The van der Waals surface area contributed by atoms with Crippen LogP contribution in [0.5, 0.6) is 0 Å². The number of rotatable bonds is 18. The number of furan rings is 2. The molecular formula is C134H90N2O2. The Morgan fingerprint density at radius 2 is 0.399 bits per heavy atom. The van der Waals surface area contributed by atoms with E-state index in [-0.39, 0.29) is 0 Å². The molecule has 4 nitrogen and oxygen atoms in total. The maximum absolute atomic E-state index is 6.25. The molecule has 2 heterocycles. The van der Waals surface area contributed by atoms with Crippen LogP contribution in [0.2, 0.25) is 0 Å². The first-order valence-corrected chi connectivity index (χ1v) is 47.5. The molecule has 0 atom stereocenters. The minimum Gasteiger partial charge on any atom is -0.456 e. The van der Waals surface area contributed by atoms with E-state index in [1.165, 1.54) is 106 Å². The summed E-state index contributed by atoms with van der Waals surface area (Å²) in [5.74, 6) is 0. The third-order valence-electron chi connectivity index (χ3n) is 28.3. The Hall–Kier alpha value is -18.0. The van der Waals surface area contributed by atoms with E-state index < -0.39 is 10.8 Å². The molecule has 2 aliphatic rings. The molecule has 22 aromatic carbocycles.